The number of anilines is 1. The minimum atomic E-state index is -0.987. The Morgan fingerprint density at radius 1 is 1.34 bits per heavy atom. The van der Waals surface area contributed by atoms with Crippen LogP contribution in [-0.4, -0.2) is 36.0 Å². The van der Waals surface area contributed by atoms with Crippen LogP contribution < -0.4 is 10.2 Å². The smallest absolute Gasteiger partial charge is 0.348 e. The fourth-order valence-electron chi connectivity index (χ4n) is 4.19. The summed E-state index contributed by atoms with van der Waals surface area (Å²) in [6.07, 6.45) is 8.83. The molecule has 1 aliphatic heterocycles. The van der Waals surface area contributed by atoms with E-state index in [4.69, 9.17) is 0 Å². The lowest BCUT2D eigenvalue weighted by Crippen LogP contribution is -2.33. The summed E-state index contributed by atoms with van der Waals surface area (Å²) in [7, 11) is 0. The summed E-state index contributed by atoms with van der Waals surface area (Å²) < 4.78 is 0. The van der Waals surface area contributed by atoms with E-state index in [1.807, 2.05) is 6.07 Å². The summed E-state index contributed by atoms with van der Waals surface area (Å²) >= 11 is 1.27. The number of hydrogen-bond acceptors (Lipinski definition) is 4. The molecule has 2 heterocycles. The van der Waals surface area contributed by atoms with Gasteiger partial charge < -0.3 is 15.3 Å². The lowest BCUT2D eigenvalue weighted by molar-refractivity contribution is -0.120. The van der Waals surface area contributed by atoms with Crippen molar-refractivity contribution < 1.29 is 19.5 Å². The highest BCUT2D eigenvalue weighted by Crippen LogP contribution is 2.39. The number of thiophene rings is 1. The maximum absolute atomic E-state index is 12.7. The maximum atomic E-state index is 12.7. The summed E-state index contributed by atoms with van der Waals surface area (Å²) in [5.41, 5.74) is 1.61. The van der Waals surface area contributed by atoms with E-state index in [0.717, 1.165) is 37.0 Å². The van der Waals surface area contributed by atoms with Crippen LogP contribution in [0.3, 0.4) is 0 Å². The van der Waals surface area contributed by atoms with Gasteiger partial charge in [-0.15, -0.1) is 11.3 Å². The van der Waals surface area contributed by atoms with E-state index in [1.165, 1.54) is 23.3 Å². The van der Waals surface area contributed by atoms with Crippen molar-refractivity contribution in [1.29, 1.82) is 0 Å². The van der Waals surface area contributed by atoms with E-state index >= 15 is 0 Å². The molecular weight excluding hydrogens is 388 g/mol. The van der Waals surface area contributed by atoms with Crippen LogP contribution >= 0.6 is 11.3 Å². The van der Waals surface area contributed by atoms with Crippen LogP contribution in [-0.2, 0) is 9.59 Å². The van der Waals surface area contributed by atoms with Gasteiger partial charge in [-0.2, -0.15) is 0 Å². The summed E-state index contributed by atoms with van der Waals surface area (Å²) in [4.78, 5) is 39.0. The molecule has 1 aromatic heterocycles. The number of allylic oxidation sites excluding steroid dienone is 2. The molecule has 1 aromatic rings. The van der Waals surface area contributed by atoms with Crippen molar-refractivity contribution in [3.8, 4) is 0 Å². The van der Waals surface area contributed by atoms with E-state index in [9.17, 15) is 19.5 Å². The van der Waals surface area contributed by atoms with Gasteiger partial charge in [0.15, 0.2) is 0 Å². The average Bonchev–Trinajstić information content (AvgIpc) is 3.29. The van der Waals surface area contributed by atoms with Crippen LogP contribution in [0, 0.1) is 5.41 Å². The molecule has 1 fully saturated rings. The van der Waals surface area contributed by atoms with E-state index in [-0.39, 0.29) is 22.1 Å². The van der Waals surface area contributed by atoms with E-state index in [1.54, 1.807) is 11.8 Å². The third-order valence-electron chi connectivity index (χ3n) is 5.87. The highest BCUT2D eigenvalue weighted by atomic mass is 32.1. The monoisotopic (exact) mass is 418 g/mol. The van der Waals surface area contributed by atoms with E-state index in [0.29, 0.717) is 31.6 Å². The molecule has 1 saturated heterocycles. The SMILES string of the molecule is CCC(=O)N(CCCC1(C)CNC(=O)C1)c1cc(C2=CCCCC2)sc1C(=O)O. The van der Waals surface area contributed by atoms with Crippen LogP contribution in [0.4, 0.5) is 5.69 Å². The van der Waals surface area contributed by atoms with Gasteiger partial charge in [-0.1, -0.05) is 19.9 Å². The second-order valence-corrected chi connectivity index (χ2v) is 9.42. The molecule has 0 saturated carbocycles. The number of amides is 2. The molecule has 0 aromatic carbocycles. The van der Waals surface area contributed by atoms with E-state index < -0.39 is 5.97 Å². The zero-order valence-corrected chi connectivity index (χ0v) is 18.1. The number of nitrogens with zero attached hydrogens (tertiary/aromatic N) is 1. The summed E-state index contributed by atoms with van der Waals surface area (Å²) in [6, 6.07) is 1.89. The number of carboxylic acid groups (broad SMARTS) is 1. The largest absolute Gasteiger partial charge is 0.477 e. The number of nitrogens with one attached hydrogen (secondary N) is 1. The topological polar surface area (TPSA) is 86.7 Å². The second kappa shape index (κ2) is 9.11. The quantitative estimate of drug-likeness (QED) is 0.653. The fourth-order valence-corrected chi connectivity index (χ4v) is 5.26. The second-order valence-electron chi connectivity index (χ2n) is 8.37. The molecule has 0 bridgehead atoms. The number of hydrogen-bond donors (Lipinski definition) is 2. The number of carbonyl (C=O) groups is 3. The zero-order chi connectivity index (χ0) is 21.0. The minimum absolute atomic E-state index is 0.0692. The number of aromatic carboxylic acids is 1. The van der Waals surface area contributed by atoms with Gasteiger partial charge in [0, 0.05) is 30.8 Å². The predicted molar refractivity (Wildman–Crippen MR) is 115 cm³/mol. The van der Waals surface area contributed by atoms with Crippen molar-refractivity contribution in [3.05, 3.63) is 21.9 Å². The van der Waals surface area contributed by atoms with Gasteiger partial charge in [0.2, 0.25) is 11.8 Å². The summed E-state index contributed by atoms with van der Waals surface area (Å²) in [5.74, 6) is -0.982. The van der Waals surface area contributed by atoms with Gasteiger partial charge in [-0.05, 0) is 55.6 Å². The number of carbonyl (C=O) groups excluding carboxylic acids is 2. The van der Waals surface area contributed by atoms with Gasteiger partial charge in [-0.25, -0.2) is 4.79 Å². The molecule has 0 radical (unpaired) electrons. The molecule has 29 heavy (non-hydrogen) atoms. The molecule has 2 aliphatic rings. The molecule has 2 amide bonds. The van der Waals surface area contributed by atoms with Gasteiger partial charge in [0.25, 0.3) is 0 Å². The van der Waals surface area contributed by atoms with E-state index in [2.05, 4.69) is 18.3 Å². The Kier molecular flexibility index (Phi) is 6.77. The molecule has 2 N–H and O–H groups in total. The van der Waals surface area contributed by atoms with Gasteiger partial charge in [-0.3, -0.25) is 9.59 Å². The third kappa shape index (κ3) is 5.07. The maximum Gasteiger partial charge on any atom is 0.348 e. The van der Waals surface area contributed by atoms with Crippen LogP contribution in [0.25, 0.3) is 5.57 Å². The van der Waals surface area contributed by atoms with Gasteiger partial charge in [0.1, 0.15) is 4.88 Å². The van der Waals surface area contributed by atoms with Crippen LogP contribution in [0.5, 0.6) is 0 Å². The predicted octanol–water partition coefficient (Wildman–Crippen LogP) is 4.45. The zero-order valence-electron chi connectivity index (χ0n) is 17.3. The standard InChI is InChI=1S/C22H30N2O4S/c1-3-19(26)24(11-7-10-22(2)13-18(25)23-14-22)16-12-17(29-20(16)21(27)28)15-8-5-4-6-9-15/h8,12H,3-7,9-11,13-14H2,1-2H3,(H,23,25)(H,27,28). The molecule has 0 spiro atoms. The van der Waals surface area contributed by atoms with Crippen LogP contribution in [0.15, 0.2) is 12.1 Å². The van der Waals surface area contributed by atoms with Gasteiger partial charge >= 0.3 is 5.97 Å². The Hall–Kier alpha value is -2.15. The first-order valence-corrected chi connectivity index (χ1v) is 11.3. The highest BCUT2D eigenvalue weighted by Gasteiger charge is 2.34. The molecule has 1 atom stereocenters. The Morgan fingerprint density at radius 3 is 2.72 bits per heavy atom. The third-order valence-corrected chi connectivity index (χ3v) is 7.06. The molecule has 6 nitrogen and oxygen atoms in total. The van der Waals surface area contributed by atoms with Crippen molar-refractivity contribution in [2.75, 3.05) is 18.0 Å². The summed E-state index contributed by atoms with van der Waals surface area (Å²) in [5, 5.41) is 12.6. The van der Waals surface area contributed by atoms with Crippen LogP contribution in [0.1, 0.15) is 79.8 Å². The Bertz CT molecular complexity index is 829. The average molecular weight is 419 g/mol. The number of carboxylic acids is 1. The minimum Gasteiger partial charge on any atom is -0.477 e. The summed E-state index contributed by atoms with van der Waals surface area (Å²) in [6.45, 7) is 5.00. The van der Waals surface area contributed by atoms with Crippen molar-refractivity contribution in [2.45, 2.75) is 65.2 Å². The highest BCUT2D eigenvalue weighted by molar-refractivity contribution is 7.15. The lowest BCUT2D eigenvalue weighted by atomic mass is 9.84. The first kappa shape index (κ1) is 21.6. The Labute approximate surface area is 176 Å². The number of rotatable bonds is 8. The Balaban J connectivity index is 1.81. The van der Waals surface area contributed by atoms with Gasteiger partial charge in [0.05, 0.1) is 5.69 Å². The first-order valence-electron chi connectivity index (χ1n) is 10.5. The normalized spacial score (nSPS) is 21.6. The van der Waals surface area contributed by atoms with Crippen molar-refractivity contribution in [3.63, 3.8) is 0 Å². The van der Waals surface area contributed by atoms with Crippen molar-refractivity contribution in [1.82, 2.24) is 5.32 Å². The first-order chi connectivity index (χ1) is 13.8. The Morgan fingerprint density at radius 2 is 2.14 bits per heavy atom. The van der Waals surface area contributed by atoms with Crippen molar-refractivity contribution in [2.24, 2.45) is 5.41 Å². The molecule has 1 aliphatic carbocycles. The molecule has 7 heteroatoms. The lowest BCUT2D eigenvalue weighted by Gasteiger charge is -2.26. The van der Waals surface area contributed by atoms with Crippen molar-refractivity contribution >= 4 is 40.4 Å². The fraction of sp³-hybridized carbons (Fsp3) is 0.591. The molecular formula is C22H30N2O4S. The molecule has 1 unspecified atom stereocenters. The van der Waals surface area contributed by atoms with Crippen LogP contribution in [0.2, 0.25) is 0 Å². The molecule has 3 rings (SSSR count). The molecule has 158 valence electrons.